The number of nitrogens with two attached hydrogens (primary N) is 1. The third kappa shape index (κ3) is 8.79. The minimum absolute atomic E-state index is 0.286. The van der Waals surface area contributed by atoms with Gasteiger partial charge in [0, 0.05) is 49.0 Å². The number of likely N-dealkylation sites (tertiary alicyclic amines) is 1. The fraction of sp³-hybridized carbons (Fsp3) is 0.586. The summed E-state index contributed by atoms with van der Waals surface area (Å²) in [5, 5.41) is 0.749. The van der Waals surface area contributed by atoms with Crippen LogP contribution in [0.15, 0.2) is 48.5 Å². The number of nitrogens with zero attached hydrogens (tertiary/aromatic N) is 2. The average molecular weight is 486 g/mol. The second kappa shape index (κ2) is 13.4. The van der Waals surface area contributed by atoms with Crippen LogP contribution in [0.25, 0.3) is 0 Å². The Labute approximate surface area is 212 Å². The highest BCUT2D eigenvalue weighted by molar-refractivity contribution is 6.30. The normalized spacial score (nSPS) is 16.2. The second-order valence-electron chi connectivity index (χ2n) is 10.7. The van der Waals surface area contributed by atoms with E-state index in [4.69, 9.17) is 22.1 Å². The molecule has 0 radical (unpaired) electrons. The highest BCUT2D eigenvalue weighted by atomic mass is 35.5. The number of hydrogen-bond donors (Lipinski definition) is 1. The molecule has 0 aliphatic carbocycles. The van der Waals surface area contributed by atoms with Crippen molar-refractivity contribution in [2.24, 2.45) is 17.6 Å². The van der Waals surface area contributed by atoms with Gasteiger partial charge in [-0.05, 0) is 79.5 Å². The molecule has 0 bridgehead atoms. The highest BCUT2D eigenvalue weighted by Crippen LogP contribution is 2.27. The van der Waals surface area contributed by atoms with Crippen LogP contribution in [0.5, 0.6) is 5.75 Å². The quantitative estimate of drug-likeness (QED) is 0.367. The third-order valence-corrected chi connectivity index (χ3v) is 6.95. The first kappa shape index (κ1) is 26.8. The van der Waals surface area contributed by atoms with Crippen molar-refractivity contribution in [2.75, 3.05) is 31.1 Å². The molecule has 3 rings (SSSR count). The van der Waals surface area contributed by atoms with E-state index in [1.807, 2.05) is 24.3 Å². The summed E-state index contributed by atoms with van der Waals surface area (Å²) in [6, 6.07) is 17.3. The van der Waals surface area contributed by atoms with Gasteiger partial charge in [-0.2, -0.15) is 0 Å². The number of benzene rings is 2. The van der Waals surface area contributed by atoms with Crippen LogP contribution >= 0.6 is 11.6 Å². The first-order valence-corrected chi connectivity index (χ1v) is 13.4. The van der Waals surface area contributed by atoms with Crippen LogP contribution in [0.1, 0.15) is 58.9 Å². The molecule has 1 fully saturated rings. The Morgan fingerprint density at radius 2 is 1.62 bits per heavy atom. The van der Waals surface area contributed by atoms with Crippen molar-refractivity contribution >= 4 is 17.3 Å². The van der Waals surface area contributed by atoms with Gasteiger partial charge in [-0.3, -0.25) is 0 Å². The van der Waals surface area contributed by atoms with Gasteiger partial charge in [0.2, 0.25) is 0 Å². The van der Waals surface area contributed by atoms with Crippen LogP contribution in [0, 0.1) is 11.8 Å². The number of anilines is 1. The van der Waals surface area contributed by atoms with E-state index in [0.29, 0.717) is 24.5 Å². The van der Waals surface area contributed by atoms with E-state index in [-0.39, 0.29) is 6.04 Å². The largest absolute Gasteiger partial charge is 0.489 e. The van der Waals surface area contributed by atoms with Crippen molar-refractivity contribution in [2.45, 2.75) is 72.1 Å². The molecule has 1 aliphatic rings. The minimum Gasteiger partial charge on any atom is -0.489 e. The maximum atomic E-state index is 6.38. The van der Waals surface area contributed by atoms with Crippen LogP contribution in [0.2, 0.25) is 5.02 Å². The number of rotatable bonds is 12. The maximum absolute atomic E-state index is 6.38. The van der Waals surface area contributed by atoms with Crippen LogP contribution in [-0.4, -0.2) is 43.2 Å². The first-order valence-electron chi connectivity index (χ1n) is 13.0. The van der Waals surface area contributed by atoms with E-state index >= 15 is 0 Å². The summed E-state index contributed by atoms with van der Waals surface area (Å²) in [7, 11) is 0. The molecule has 0 spiro atoms. The number of ether oxygens (including phenoxy) is 1. The van der Waals surface area contributed by atoms with E-state index in [1.165, 1.54) is 24.9 Å². The van der Waals surface area contributed by atoms with Gasteiger partial charge in [0.05, 0.1) is 0 Å². The lowest BCUT2D eigenvalue weighted by Crippen LogP contribution is -2.48. The fourth-order valence-electron chi connectivity index (χ4n) is 4.83. The Kier molecular flexibility index (Phi) is 10.6. The second-order valence-corrected chi connectivity index (χ2v) is 11.1. The molecule has 2 N–H and O–H groups in total. The van der Waals surface area contributed by atoms with Gasteiger partial charge < -0.3 is 20.3 Å². The van der Waals surface area contributed by atoms with Gasteiger partial charge in [-0.15, -0.1) is 0 Å². The van der Waals surface area contributed by atoms with Crippen molar-refractivity contribution in [3.8, 4) is 5.75 Å². The van der Waals surface area contributed by atoms with Gasteiger partial charge in [0.25, 0.3) is 0 Å². The monoisotopic (exact) mass is 485 g/mol. The molecule has 34 heavy (non-hydrogen) atoms. The number of piperidine rings is 1. The molecule has 1 heterocycles. The van der Waals surface area contributed by atoms with E-state index in [1.54, 1.807) is 0 Å². The van der Waals surface area contributed by atoms with Crippen LogP contribution in [-0.2, 0) is 6.61 Å². The van der Waals surface area contributed by atoms with E-state index in [9.17, 15) is 0 Å². The predicted molar refractivity (Wildman–Crippen MR) is 146 cm³/mol. The molecule has 2 aromatic rings. The van der Waals surface area contributed by atoms with Gasteiger partial charge in [0.15, 0.2) is 0 Å². The molecule has 1 atom stereocenters. The summed E-state index contributed by atoms with van der Waals surface area (Å²) in [5.74, 6) is 2.26. The lowest BCUT2D eigenvalue weighted by molar-refractivity contribution is 0.191. The highest BCUT2D eigenvalue weighted by Gasteiger charge is 2.26. The molecule has 0 amide bonds. The predicted octanol–water partition coefficient (Wildman–Crippen LogP) is 6.61. The van der Waals surface area contributed by atoms with Crippen molar-refractivity contribution in [1.82, 2.24) is 4.90 Å². The lowest BCUT2D eigenvalue weighted by atomic mass is 9.99. The van der Waals surface area contributed by atoms with E-state index in [0.717, 1.165) is 48.9 Å². The smallest absolute Gasteiger partial charge is 0.119 e. The van der Waals surface area contributed by atoms with Crippen molar-refractivity contribution < 1.29 is 4.74 Å². The maximum Gasteiger partial charge on any atom is 0.119 e. The van der Waals surface area contributed by atoms with E-state index < -0.39 is 0 Å². The van der Waals surface area contributed by atoms with Crippen LogP contribution < -0.4 is 15.4 Å². The zero-order chi connectivity index (χ0) is 24.5. The summed E-state index contributed by atoms with van der Waals surface area (Å²) in [5.41, 5.74) is 8.80. The molecule has 0 saturated carbocycles. The SMILES string of the molecule is CC(C)CCN(c1ccc(OCc2ccc(Cl)cc2)cc1)C1CCN(C[C@H](N)CC(C)C)CC1. The number of hydrogen-bond acceptors (Lipinski definition) is 4. The summed E-state index contributed by atoms with van der Waals surface area (Å²) in [6.07, 6.45) is 4.70. The summed E-state index contributed by atoms with van der Waals surface area (Å²) >= 11 is 5.98. The molecule has 4 nitrogen and oxygen atoms in total. The van der Waals surface area contributed by atoms with Crippen LogP contribution in [0.3, 0.4) is 0 Å². The van der Waals surface area contributed by atoms with Gasteiger partial charge in [0.1, 0.15) is 12.4 Å². The van der Waals surface area contributed by atoms with E-state index in [2.05, 4.69) is 61.8 Å². The van der Waals surface area contributed by atoms with Gasteiger partial charge >= 0.3 is 0 Å². The molecule has 5 heteroatoms. The summed E-state index contributed by atoms with van der Waals surface area (Å²) in [4.78, 5) is 5.20. The van der Waals surface area contributed by atoms with Gasteiger partial charge in [-0.1, -0.05) is 51.4 Å². The Bertz CT molecular complexity index is 829. The lowest BCUT2D eigenvalue weighted by Gasteiger charge is -2.41. The standard InChI is InChI=1S/C29H44ClN3O/c1-22(2)13-18-33(28-14-16-32(17-15-28)20-26(31)19-23(3)4)27-9-11-29(12-10-27)34-21-24-5-7-25(30)8-6-24/h5-12,22-23,26,28H,13-21,31H2,1-4H3/t26-/m1/s1. The van der Waals surface area contributed by atoms with Crippen molar-refractivity contribution in [3.63, 3.8) is 0 Å². The number of halogens is 1. The molecule has 1 saturated heterocycles. The zero-order valence-electron chi connectivity index (χ0n) is 21.6. The average Bonchev–Trinajstić information content (AvgIpc) is 2.80. The molecular weight excluding hydrogens is 442 g/mol. The molecule has 188 valence electrons. The Balaban J connectivity index is 1.58. The molecule has 1 aliphatic heterocycles. The topological polar surface area (TPSA) is 41.7 Å². The Morgan fingerprint density at radius 3 is 2.21 bits per heavy atom. The van der Waals surface area contributed by atoms with Crippen molar-refractivity contribution in [3.05, 3.63) is 59.1 Å². The molecule has 0 aromatic heterocycles. The Hall–Kier alpha value is -1.75. The summed E-state index contributed by atoms with van der Waals surface area (Å²) in [6.45, 7) is 14.1. The molecular formula is C29H44ClN3O. The molecule has 0 unspecified atom stereocenters. The van der Waals surface area contributed by atoms with Crippen molar-refractivity contribution in [1.29, 1.82) is 0 Å². The third-order valence-electron chi connectivity index (χ3n) is 6.70. The zero-order valence-corrected chi connectivity index (χ0v) is 22.3. The summed E-state index contributed by atoms with van der Waals surface area (Å²) < 4.78 is 6.01. The fourth-order valence-corrected chi connectivity index (χ4v) is 4.95. The van der Waals surface area contributed by atoms with Crippen LogP contribution in [0.4, 0.5) is 5.69 Å². The minimum atomic E-state index is 0.286. The van der Waals surface area contributed by atoms with Gasteiger partial charge in [-0.25, -0.2) is 0 Å². The first-order chi connectivity index (χ1) is 16.3. The Morgan fingerprint density at radius 1 is 0.971 bits per heavy atom. The molecule has 2 aromatic carbocycles.